The summed E-state index contributed by atoms with van der Waals surface area (Å²) < 4.78 is 41.5. The van der Waals surface area contributed by atoms with Gasteiger partial charge >= 0.3 is 29.6 Å². The van der Waals surface area contributed by atoms with Gasteiger partial charge in [-0.05, 0) is 49.2 Å². The van der Waals surface area contributed by atoms with Gasteiger partial charge in [-0.15, -0.1) is 0 Å². The van der Waals surface area contributed by atoms with E-state index < -0.39 is 25.6 Å². The van der Waals surface area contributed by atoms with Crippen LogP contribution in [0, 0.1) is 24.0 Å². The summed E-state index contributed by atoms with van der Waals surface area (Å²) in [4.78, 5) is 13.1. The zero-order valence-electron chi connectivity index (χ0n) is 21.2. The number of fused-ring (bicyclic) bond motifs is 1. The Bertz CT molecular complexity index is 1460. The van der Waals surface area contributed by atoms with Crippen molar-refractivity contribution in [2.45, 2.75) is 18.7 Å². The van der Waals surface area contributed by atoms with Gasteiger partial charge in [0.15, 0.2) is 0 Å². The maximum atomic E-state index is 10.4. The molecule has 0 bridgehead atoms. The Morgan fingerprint density at radius 1 is 0.892 bits per heavy atom. The van der Waals surface area contributed by atoms with Crippen LogP contribution in [0.15, 0.2) is 77.8 Å². The summed E-state index contributed by atoms with van der Waals surface area (Å²) in [5.41, 5.74) is 9.07. The van der Waals surface area contributed by atoms with E-state index in [-0.39, 0.29) is 29.6 Å². The molecule has 10 nitrogen and oxygen atoms in total. The van der Waals surface area contributed by atoms with Gasteiger partial charge in [-0.1, -0.05) is 18.2 Å². The number of nitro benzene ring substituents is 1. The Kier molecular flexibility index (Phi) is 12.5. The maximum absolute atomic E-state index is 10.4. The van der Waals surface area contributed by atoms with E-state index in [1.165, 1.54) is 0 Å². The van der Waals surface area contributed by atoms with Crippen molar-refractivity contribution in [2.75, 3.05) is 20.0 Å². The first-order chi connectivity index (χ1) is 17.0. The third-order valence-corrected chi connectivity index (χ3v) is 5.70. The Morgan fingerprint density at radius 3 is 2.11 bits per heavy atom. The molecule has 0 atom stereocenters. The number of benzene rings is 3. The minimum atomic E-state index is -4.61. The number of non-ortho nitro benzene ring substituents is 1. The van der Waals surface area contributed by atoms with Gasteiger partial charge in [0.25, 0.3) is 5.69 Å². The van der Waals surface area contributed by atoms with Crippen molar-refractivity contribution < 1.29 is 56.9 Å². The molecule has 37 heavy (non-hydrogen) atoms. The van der Waals surface area contributed by atoms with E-state index in [1.54, 1.807) is 20.4 Å². The number of ether oxygens (including phenoxy) is 2. The fourth-order valence-corrected chi connectivity index (χ4v) is 3.53. The zero-order valence-corrected chi connectivity index (χ0v) is 24.0. The molecule has 4 aromatic rings. The van der Waals surface area contributed by atoms with Crippen LogP contribution in [-0.2, 0) is 10.1 Å². The molecule has 0 amide bonds. The van der Waals surface area contributed by atoms with Crippen molar-refractivity contribution in [3.63, 3.8) is 0 Å². The third-order valence-electron chi connectivity index (χ3n) is 4.87. The first-order valence-electron chi connectivity index (χ1n) is 10.5. The van der Waals surface area contributed by atoms with E-state index in [0.29, 0.717) is 0 Å². The summed E-state index contributed by atoms with van der Waals surface area (Å²) >= 11 is 0. The van der Waals surface area contributed by atoms with Gasteiger partial charge in [0.1, 0.15) is 21.6 Å². The van der Waals surface area contributed by atoms with Crippen LogP contribution in [0.1, 0.15) is 11.1 Å². The molecule has 1 heterocycles. The topological polar surface area (TPSA) is 158 Å². The number of anilines is 1. The molecule has 4 rings (SSSR count). The Hall–Kier alpha value is -3.22. The fraction of sp³-hybridized carbons (Fsp3) is 0.160. The number of aromatic nitrogens is 1. The average Bonchev–Trinajstić information content (AvgIpc) is 2.85. The molecular formula is C25H26N3NaO7S. The monoisotopic (exact) mass is 535 g/mol. The Balaban J connectivity index is 0.000000277. The normalized spacial score (nSPS) is 10.1. The van der Waals surface area contributed by atoms with Crippen molar-refractivity contribution in [1.82, 2.24) is 4.98 Å². The van der Waals surface area contributed by atoms with Gasteiger partial charge in [-0.2, -0.15) is 0 Å². The van der Waals surface area contributed by atoms with Crippen LogP contribution >= 0.6 is 0 Å². The molecule has 0 radical (unpaired) electrons. The van der Waals surface area contributed by atoms with Gasteiger partial charge in [0, 0.05) is 41.5 Å². The standard InChI is InChI=1S/C11H11NO.C8H11NO.C6H5NO5S.Na/c1-8-6-9-4-3-5-12-10(9)7-11(8)13-2;1-6-3-4-7(9)5-8(6)10-2;8-7(9)5-2-1-3-6(4-5)13(10,11)12;/h3-7H,1-2H3;3-5H,9H2,1-2H3;1-4H,(H,10,11,12);/q;;;+1/p-1. The first-order valence-corrected chi connectivity index (χ1v) is 11.9. The van der Waals surface area contributed by atoms with Crippen LogP contribution in [0.3, 0.4) is 0 Å². The SMILES string of the molecule is COc1cc(N)ccc1C.COc1cc2ncccc2cc1C.O=[N+]([O-])c1cccc(S(=O)(=O)[O-])c1.[Na+]. The third kappa shape index (κ3) is 9.63. The Labute approximate surface area is 237 Å². The van der Waals surface area contributed by atoms with Crippen LogP contribution in [0.2, 0.25) is 0 Å². The van der Waals surface area contributed by atoms with Crippen molar-refractivity contribution in [3.05, 3.63) is 94.2 Å². The quantitative estimate of drug-likeness (QED) is 0.135. The molecule has 0 spiro atoms. The maximum Gasteiger partial charge on any atom is 1.00 e. The molecule has 0 aliphatic heterocycles. The summed E-state index contributed by atoms with van der Waals surface area (Å²) in [7, 11) is -1.29. The second kappa shape index (κ2) is 14.5. The summed E-state index contributed by atoms with van der Waals surface area (Å²) in [6, 6.07) is 17.6. The van der Waals surface area contributed by atoms with Crippen molar-refractivity contribution in [3.8, 4) is 11.5 Å². The number of nitrogen functional groups attached to an aromatic ring is 1. The van der Waals surface area contributed by atoms with E-state index >= 15 is 0 Å². The molecule has 3 aromatic carbocycles. The molecule has 0 fully saturated rings. The molecule has 0 saturated heterocycles. The van der Waals surface area contributed by atoms with Crippen molar-refractivity contribution in [2.24, 2.45) is 0 Å². The van der Waals surface area contributed by atoms with Crippen molar-refractivity contribution >= 4 is 32.4 Å². The smallest absolute Gasteiger partial charge is 0.744 e. The molecule has 0 aliphatic rings. The molecule has 0 unspecified atom stereocenters. The molecule has 12 heteroatoms. The number of hydrogen-bond acceptors (Lipinski definition) is 9. The predicted octanol–water partition coefficient (Wildman–Crippen LogP) is 1.64. The van der Waals surface area contributed by atoms with Crippen LogP contribution in [0.25, 0.3) is 10.9 Å². The van der Waals surface area contributed by atoms with Gasteiger partial charge in [-0.3, -0.25) is 15.1 Å². The first kappa shape index (κ1) is 31.8. The zero-order chi connectivity index (χ0) is 26.9. The van der Waals surface area contributed by atoms with Gasteiger partial charge in [-0.25, -0.2) is 8.42 Å². The summed E-state index contributed by atoms with van der Waals surface area (Å²) in [6.07, 6.45) is 1.79. The Morgan fingerprint density at radius 2 is 1.54 bits per heavy atom. The van der Waals surface area contributed by atoms with E-state index in [2.05, 4.69) is 17.1 Å². The van der Waals surface area contributed by atoms with Crippen LogP contribution < -0.4 is 44.8 Å². The largest absolute Gasteiger partial charge is 1.00 e. The number of nitro groups is 1. The minimum absolute atomic E-state index is 0. The molecule has 0 saturated carbocycles. The summed E-state index contributed by atoms with van der Waals surface area (Å²) in [5, 5.41) is 11.3. The number of nitrogens with two attached hydrogens (primary N) is 1. The molecule has 190 valence electrons. The predicted molar refractivity (Wildman–Crippen MR) is 136 cm³/mol. The van der Waals surface area contributed by atoms with E-state index in [9.17, 15) is 23.1 Å². The number of hydrogen-bond donors (Lipinski definition) is 1. The molecule has 2 N–H and O–H groups in total. The van der Waals surface area contributed by atoms with E-state index in [0.717, 1.165) is 63.5 Å². The summed E-state index contributed by atoms with van der Waals surface area (Å²) in [5.74, 6) is 1.74. The number of methoxy groups -OCH3 is 2. The molecular weight excluding hydrogens is 509 g/mol. The minimum Gasteiger partial charge on any atom is -0.744 e. The van der Waals surface area contributed by atoms with Gasteiger partial charge < -0.3 is 19.8 Å². The number of nitrogens with zero attached hydrogens (tertiary/aromatic N) is 2. The second-order valence-corrected chi connectivity index (χ2v) is 8.84. The second-order valence-electron chi connectivity index (χ2n) is 7.46. The van der Waals surface area contributed by atoms with Crippen LogP contribution in [-0.4, -0.2) is 37.1 Å². The van der Waals surface area contributed by atoms with E-state index in [1.807, 2.05) is 44.2 Å². The number of pyridine rings is 1. The van der Waals surface area contributed by atoms with Crippen LogP contribution in [0.5, 0.6) is 11.5 Å². The van der Waals surface area contributed by atoms with Gasteiger partial charge in [0.2, 0.25) is 0 Å². The number of aryl methyl sites for hydroxylation is 2. The van der Waals surface area contributed by atoms with Gasteiger partial charge in [0.05, 0.1) is 29.6 Å². The fourth-order valence-electron chi connectivity index (χ4n) is 3.02. The van der Waals surface area contributed by atoms with Crippen LogP contribution in [0.4, 0.5) is 11.4 Å². The molecule has 1 aromatic heterocycles. The van der Waals surface area contributed by atoms with Crippen molar-refractivity contribution in [1.29, 1.82) is 0 Å². The van der Waals surface area contributed by atoms with E-state index in [4.69, 9.17) is 15.2 Å². The number of rotatable bonds is 4. The molecule has 0 aliphatic carbocycles. The average molecular weight is 536 g/mol. The summed E-state index contributed by atoms with van der Waals surface area (Å²) in [6.45, 7) is 4.02.